The van der Waals surface area contributed by atoms with Crippen LogP contribution in [0.5, 0.6) is 0 Å². The average molecular weight is 181 g/mol. The van der Waals surface area contributed by atoms with Gasteiger partial charge in [-0.2, -0.15) is 0 Å². The molecule has 2 saturated carbocycles. The first kappa shape index (κ1) is 9.51. The lowest BCUT2D eigenvalue weighted by Gasteiger charge is -2.28. The number of hydrogen-bond donors (Lipinski definition) is 0. The van der Waals surface area contributed by atoms with Crippen LogP contribution >= 0.6 is 0 Å². The van der Waals surface area contributed by atoms with Gasteiger partial charge in [0.1, 0.15) is 0 Å². The first-order valence-corrected chi connectivity index (χ1v) is 6.10. The molecule has 0 aromatic rings. The third-order valence-electron chi connectivity index (χ3n) is 4.25. The van der Waals surface area contributed by atoms with E-state index >= 15 is 0 Å². The van der Waals surface area contributed by atoms with E-state index in [9.17, 15) is 0 Å². The average Bonchev–Trinajstić information content (AvgIpc) is 2.66. The summed E-state index contributed by atoms with van der Waals surface area (Å²) in [6.07, 6.45) is 7.65. The Bertz CT molecular complexity index is 176. The zero-order valence-corrected chi connectivity index (χ0v) is 9.29. The molecule has 0 radical (unpaired) electrons. The van der Waals surface area contributed by atoms with Crippen LogP contribution < -0.4 is 0 Å². The van der Waals surface area contributed by atoms with Gasteiger partial charge in [0.05, 0.1) is 0 Å². The van der Waals surface area contributed by atoms with Crippen LogP contribution in [0.25, 0.3) is 0 Å². The first-order valence-electron chi connectivity index (χ1n) is 6.10. The van der Waals surface area contributed by atoms with Crippen LogP contribution in [-0.2, 0) is 0 Å². The summed E-state index contributed by atoms with van der Waals surface area (Å²) in [5, 5.41) is 0. The lowest BCUT2D eigenvalue weighted by Crippen LogP contribution is -2.23. The Morgan fingerprint density at radius 3 is 2.54 bits per heavy atom. The van der Waals surface area contributed by atoms with E-state index in [0.29, 0.717) is 0 Å². The van der Waals surface area contributed by atoms with Crippen LogP contribution in [0.15, 0.2) is 0 Å². The minimum Gasteiger partial charge on any atom is -0.297 e. The maximum Gasteiger partial charge on any atom is 0.0283 e. The van der Waals surface area contributed by atoms with E-state index in [1.165, 1.54) is 25.7 Å². The van der Waals surface area contributed by atoms with E-state index in [4.69, 9.17) is 0 Å². The molecule has 76 valence electrons. The minimum atomic E-state index is 1.02. The molecule has 0 aromatic carbocycles. The van der Waals surface area contributed by atoms with E-state index in [-0.39, 0.29) is 0 Å². The van der Waals surface area contributed by atoms with Gasteiger partial charge < -0.3 is 0 Å². The van der Waals surface area contributed by atoms with Crippen LogP contribution in [0.3, 0.4) is 0 Å². The maximum atomic E-state index is 2.59. The summed E-state index contributed by atoms with van der Waals surface area (Å²) >= 11 is 0. The molecule has 1 saturated heterocycles. The van der Waals surface area contributed by atoms with Gasteiger partial charge >= 0.3 is 0 Å². The van der Waals surface area contributed by atoms with Gasteiger partial charge in [0.25, 0.3) is 0 Å². The fraction of sp³-hybridized carbons (Fsp3) is 1.00. The van der Waals surface area contributed by atoms with Crippen molar-refractivity contribution < 1.29 is 0 Å². The molecule has 13 heavy (non-hydrogen) atoms. The van der Waals surface area contributed by atoms with Crippen LogP contribution in [0.4, 0.5) is 0 Å². The van der Waals surface area contributed by atoms with Crippen LogP contribution in [0.2, 0.25) is 0 Å². The zero-order chi connectivity index (χ0) is 9.42. The van der Waals surface area contributed by atoms with Crippen molar-refractivity contribution in [2.45, 2.75) is 58.0 Å². The molecular weight excluding hydrogens is 158 g/mol. The lowest BCUT2D eigenvalue weighted by molar-refractivity contribution is 0.217. The molecule has 1 nitrogen and oxygen atoms in total. The van der Waals surface area contributed by atoms with Crippen molar-refractivity contribution in [3.63, 3.8) is 0 Å². The Labute approximate surface area is 82.5 Å². The summed E-state index contributed by atoms with van der Waals surface area (Å²) in [6, 6.07) is 2.04. The van der Waals surface area contributed by atoms with Crippen molar-refractivity contribution in [2.24, 2.45) is 11.8 Å². The topological polar surface area (TPSA) is 3.01 Å². The molecule has 0 aromatic heterocycles. The van der Waals surface area contributed by atoms with Gasteiger partial charge in [-0.15, -0.1) is 0 Å². The van der Waals surface area contributed by atoms with Gasteiger partial charge in [0.2, 0.25) is 0 Å². The monoisotopic (exact) mass is 181 g/mol. The Balaban J connectivity index is 0.000000308. The molecule has 3 aliphatic rings. The van der Waals surface area contributed by atoms with Crippen LogP contribution in [0, 0.1) is 11.8 Å². The highest BCUT2D eigenvalue weighted by atomic mass is 15.3. The zero-order valence-electron chi connectivity index (χ0n) is 9.29. The molecule has 5 atom stereocenters. The molecule has 3 fully saturated rings. The number of fused-ring (bicyclic) bond motifs is 3. The van der Waals surface area contributed by atoms with E-state index in [2.05, 4.69) is 11.9 Å². The summed E-state index contributed by atoms with van der Waals surface area (Å²) in [7, 11) is 2.31. The molecule has 1 heterocycles. The highest BCUT2D eigenvalue weighted by molar-refractivity contribution is 5.12. The molecule has 3 rings (SSSR count). The van der Waals surface area contributed by atoms with Gasteiger partial charge in [0.15, 0.2) is 0 Å². The Morgan fingerprint density at radius 2 is 1.77 bits per heavy atom. The molecule has 1 aliphatic heterocycles. The van der Waals surface area contributed by atoms with Crippen molar-refractivity contribution in [3.8, 4) is 0 Å². The van der Waals surface area contributed by atoms with Gasteiger partial charge in [-0.25, -0.2) is 0 Å². The highest BCUT2D eigenvalue weighted by Crippen LogP contribution is 2.53. The molecule has 2 aliphatic carbocycles. The van der Waals surface area contributed by atoms with E-state index in [0.717, 1.165) is 23.9 Å². The third-order valence-corrected chi connectivity index (χ3v) is 4.25. The smallest absolute Gasteiger partial charge is 0.0283 e. The highest BCUT2D eigenvalue weighted by Gasteiger charge is 2.57. The normalized spacial score (nSPS) is 51.5. The second-order valence-corrected chi connectivity index (χ2v) is 4.67. The first-order chi connectivity index (χ1) is 6.38. The van der Waals surface area contributed by atoms with Crippen molar-refractivity contribution >= 4 is 0 Å². The van der Waals surface area contributed by atoms with Gasteiger partial charge in [0, 0.05) is 12.1 Å². The fourth-order valence-electron chi connectivity index (χ4n) is 3.61. The Morgan fingerprint density at radius 1 is 1.08 bits per heavy atom. The number of piperidine rings is 1. The number of hydrogen-bond acceptors (Lipinski definition) is 1. The number of likely N-dealkylation sites (N-methyl/N-ethyl adjacent to an activating group) is 1. The molecule has 5 unspecified atom stereocenters. The van der Waals surface area contributed by atoms with E-state index in [1.807, 2.05) is 13.8 Å². The Kier molecular flexibility index (Phi) is 2.64. The quantitative estimate of drug-likeness (QED) is 0.519. The van der Waals surface area contributed by atoms with Crippen LogP contribution in [0.1, 0.15) is 46.0 Å². The summed E-state index contributed by atoms with van der Waals surface area (Å²) in [5.74, 6) is 2.24. The maximum absolute atomic E-state index is 2.59. The number of likely N-dealkylation sites (tertiary alicyclic amines) is 1. The fourth-order valence-corrected chi connectivity index (χ4v) is 3.61. The predicted molar refractivity (Wildman–Crippen MR) is 56.8 cm³/mol. The van der Waals surface area contributed by atoms with Crippen molar-refractivity contribution in [1.82, 2.24) is 4.90 Å². The second-order valence-electron chi connectivity index (χ2n) is 4.67. The molecule has 0 bridgehead atoms. The molecule has 0 amide bonds. The number of rotatable bonds is 0. The van der Waals surface area contributed by atoms with Crippen LogP contribution in [-0.4, -0.2) is 24.0 Å². The standard InChI is InChI=1S/C10H17N.C2H6/c1-11-9-6-7-4-2-3-5-8(7)10(9)11;1-2/h7-10H,2-6H2,1H3;1-2H3. The SMILES string of the molecule is CC.CN1C2CC3CCCCC3C21. The lowest BCUT2D eigenvalue weighted by atomic mass is 9.80. The summed E-state index contributed by atoms with van der Waals surface area (Å²) in [4.78, 5) is 2.59. The second kappa shape index (κ2) is 3.61. The van der Waals surface area contributed by atoms with E-state index < -0.39 is 0 Å². The third kappa shape index (κ3) is 1.41. The van der Waals surface area contributed by atoms with Crippen molar-refractivity contribution in [3.05, 3.63) is 0 Å². The summed E-state index contributed by atoms with van der Waals surface area (Å²) in [5.41, 5.74) is 0. The number of nitrogens with zero attached hydrogens (tertiary/aromatic N) is 1. The molecule has 0 spiro atoms. The summed E-state index contributed by atoms with van der Waals surface area (Å²) in [6.45, 7) is 4.00. The molecular formula is C12H23N. The molecule has 1 heteroatoms. The summed E-state index contributed by atoms with van der Waals surface area (Å²) < 4.78 is 0. The minimum absolute atomic E-state index is 1.02. The van der Waals surface area contributed by atoms with Crippen molar-refractivity contribution in [1.29, 1.82) is 0 Å². The predicted octanol–water partition coefficient (Wildman–Crippen LogP) is 2.91. The Hall–Kier alpha value is -0.0400. The van der Waals surface area contributed by atoms with E-state index in [1.54, 1.807) is 6.42 Å². The van der Waals surface area contributed by atoms with Gasteiger partial charge in [-0.1, -0.05) is 33.1 Å². The van der Waals surface area contributed by atoms with Gasteiger partial charge in [-0.3, -0.25) is 4.90 Å². The largest absolute Gasteiger partial charge is 0.297 e. The molecule has 0 N–H and O–H groups in total. The van der Waals surface area contributed by atoms with Crippen molar-refractivity contribution in [2.75, 3.05) is 7.05 Å². The van der Waals surface area contributed by atoms with Gasteiger partial charge in [-0.05, 0) is 31.7 Å².